The second-order valence-electron chi connectivity index (χ2n) is 8.02. The Hall–Kier alpha value is -3.88. The number of rotatable bonds is 6. The van der Waals surface area contributed by atoms with Gasteiger partial charge in [-0.15, -0.1) is 0 Å². The van der Waals surface area contributed by atoms with Crippen LogP contribution in [0.2, 0.25) is 5.02 Å². The van der Waals surface area contributed by atoms with Crippen LogP contribution in [0.4, 0.5) is 5.13 Å². The van der Waals surface area contributed by atoms with Crippen LogP contribution in [0.15, 0.2) is 72.3 Å². The van der Waals surface area contributed by atoms with Crippen LogP contribution in [0.5, 0.6) is 11.5 Å². The first-order chi connectivity index (χ1) is 17.4. The minimum Gasteiger partial charge on any atom is -0.507 e. The van der Waals surface area contributed by atoms with E-state index in [0.717, 1.165) is 4.70 Å². The van der Waals surface area contributed by atoms with Crippen molar-refractivity contribution in [2.24, 2.45) is 0 Å². The van der Waals surface area contributed by atoms with Crippen LogP contribution in [0.3, 0.4) is 0 Å². The van der Waals surface area contributed by atoms with Crippen LogP contribution in [-0.4, -0.2) is 35.5 Å². The van der Waals surface area contributed by atoms with E-state index in [9.17, 15) is 14.7 Å². The number of aliphatic hydroxyl groups excluding tert-OH is 1. The van der Waals surface area contributed by atoms with Gasteiger partial charge in [0.2, 0.25) is 0 Å². The molecule has 0 aliphatic carbocycles. The molecule has 5 rings (SSSR count). The summed E-state index contributed by atoms with van der Waals surface area (Å²) in [5.74, 6) is -0.798. The highest BCUT2D eigenvalue weighted by Crippen LogP contribution is 2.45. The number of carbonyl (C=O) groups excluding carboxylic acids is 2. The molecule has 1 atom stereocenters. The molecule has 182 valence electrons. The Morgan fingerprint density at radius 2 is 1.86 bits per heavy atom. The summed E-state index contributed by atoms with van der Waals surface area (Å²) in [6.07, 6.45) is 0. The second kappa shape index (κ2) is 9.64. The Labute approximate surface area is 216 Å². The zero-order valence-corrected chi connectivity index (χ0v) is 21.0. The monoisotopic (exact) mass is 520 g/mol. The van der Waals surface area contributed by atoms with Gasteiger partial charge >= 0.3 is 5.91 Å². The molecule has 1 unspecified atom stereocenters. The molecule has 9 heteroatoms. The second-order valence-corrected chi connectivity index (χ2v) is 9.46. The third-order valence-corrected chi connectivity index (χ3v) is 7.07. The number of benzene rings is 3. The minimum absolute atomic E-state index is 0.0424. The van der Waals surface area contributed by atoms with Crippen molar-refractivity contribution in [1.82, 2.24) is 4.98 Å². The molecule has 0 saturated carbocycles. The molecule has 36 heavy (non-hydrogen) atoms. The predicted molar refractivity (Wildman–Crippen MR) is 140 cm³/mol. The van der Waals surface area contributed by atoms with Crippen LogP contribution < -0.4 is 14.4 Å². The Kier molecular flexibility index (Phi) is 6.38. The van der Waals surface area contributed by atoms with Crippen molar-refractivity contribution in [3.05, 3.63) is 88.5 Å². The summed E-state index contributed by atoms with van der Waals surface area (Å²) in [6.45, 7) is 2.30. The van der Waals surface area contributed by atoms with Gasteiger partial charge in [-0.3, -0.25) is 14.5 Å². The number of fused-ring (bicyclic) bond motifs is 1. The predicted octanol–water partition coefficient (Wildman–Crippen LogP) is 5.98. The molecule has 1 aliphatic heterocycles. The van der Waals surface area contributed by atoms with Crippen LogP contribution in [0, 0.1) is 0 Å². The van der Waals surface area contributed by atoms with Gasteiger partial charge in [0.05, 0.1) is 35.5 Å². The van der Waals surface area contributed by atoms with Crippen molar-refractivity contribution in [3.63, 3.8) is 0 Å². The topological polar surface area (TPSA) is 89.0 Å². The largest absolute Gasteiger partial charge is 0.507 e. The number of nitrogens with zero attached hydrogens (tertiary/aromatic N) is 2. The van der Waals surface area contributed by atoms with Gasteiger partial charge in [0, 0.05) is 10.6 Å². The number of hydrogen-bond donors (Lipinski definition) is 1. The maximum atomic E-state index is 13.4. The quantitative estimate of drug-likeness (QED) is 0.191. The number of ether oxygens (including phenoxy) is 2. The lowest BCUT2D eigenvalue weighted by atomic mass is 9.95. The molecule has 1 aromatic heterocycles. The Morgan fingerprint density at radius 3 is 2.64 bits per heavy atom. The molecule has 3 aromatic carbocycles. The number of amides is 1. The van der Waals surface area contributed by atoms with E-state index in [1.807, 2.05) is 6.92 Å². The van der Waals surface area contributed by atoms with Crippen molar-refractivity contribution in [1.29, 1.82) is 0 Å². The lowest BCUT2D eigenvalue weighted by molar-refractivity contribution is -0.132. The van der Waals surface area contributed by atoms with Gasteiger partial charge in [-0.05, 0) is 55.0 Å². The van der Waals surface area contributed by atoms with E-state index in [0.29, 0.717) is 44.9 Å². The molecular formula is C27H21ClN2O5S. The summed E-state index contributed by atoms with van der Waals surface area (Å²) < 4.78 is 11.7. The standard InChI is InChI=1S/C27H21ClN2O5S/c1-3-35-19-9-5-7-16(13-19)24(31)22-23(15-6-4-8-18(12-15)34-2)30(26(33)25(22)32)27-29-20-11-10-17(28)14-21(20)36-27/h4-14,23,31H,3H2,1-2H3/b24-22+. The highest BCUT2D eigenvalue weighted by atomic mass is 35.5. The van der Waals surface area contributed by atoms with Crippen molar-refractivity contribution in [2.45, 2.75) is 13.0 Å². The molecule has 0 radical (unpaired) electrons. The number of thiazole rings is 1. The van der Waals surface area contributed by atoms with Crippen molar-refractivity contribution in [2.75, 3.05) is 18.6 Å². The van der Waals surface area contributed by atoms with Gasteiger partial charge in [-0.25, -0.2) is 4.98 Å². The van der Waals surface area contributed by atoms with Crippen molar-refractivity contribution < 1.29 is 24.2 Å². The zero-order chi connectivity index (χ0) is 25.4. The van der Waals surface area contributed by atoms with E-state index in [2.05, 4.69) is 4.98 Å². The first-order valence-electron chi connectivity index (χ1n) is 11.2. The van der Waals surface area contributed by atoms with Crippen molar-refractivity contribution >= 4 is 55.7 Å². The summed E-state index contributed by atoms with van der Waals surface area (Å²) in [6, 6.07) is 18.1. The summed E-state index contributed by atoms with van der Waals surface area (Å²) in [5.41, 5.74) is 1.56. The number of anilines is 1. The molecule has 1 saturated heterocycles. The average molecular weight is 521 g/mol. The fraction of sp³-hybridized carbons (Fsp3) is 0.148. The first-order valence-corrected chi connectivity index (χ1v) is 12.3. The number of aromatic nitrogens is 1. The SMILES string of the molecule is CCOc1cccc(/C(O)=C2\C(=O)C(=O)N(c3nc4ccc(Cl)cc4s3)C2c2cccc(OC)c2)c1. The average Bonchev–Trinajstić information content (AvgIpc) is 3.41. The molecular weight excluding hydrogens is 500 g/mol. The van der Waals surface area contributed by atoms with E-state index >= 15 is 0 Å². The van der Waals surface area contributed by atoms with E-state index in [1.54, 1.807) is 66.7 Å². The molecule has 4 aromatic rings. The van der Waals surface area contributed by atoms with Gasteiger partial charge in [0.15, 0.2) is 5.13 Å². The number of halogens is 1. The summed E-state index contributed by atoms with van der Waals surface area (Å²) in [7, 11) is 1.53. The minimum atomic E-state index is -0.924. The molecule has 1 amide bonds. The fourth-order valence-corrected chi connectivity index (χ4v) is 5.47. The maximum absolute atomic E-state index is 13.4. The summed E-state index contributed by atoms with van der Waals surface area (Å²) >= 11 is 7.39. The van der Waals surface area contributed by atoms with Gasteiger partial charge in [0.25, 0.3) is 5.78 Å². The summed E-state index contributed by atoms with van der Waals surface area (Å²) in [4.78, 5) is 32.8. The van der Waals surface area contributed by atoms with Crippen LogP contribution in [-0.2, 0) is 9.59 Å². The fourth-order valence-electron chi connectivity index (χ4n) is 4.20. The van der Waals surface area contributed by atoms with Crippen LogP contribution in [0.1, 0.15) is 24.1 Å². The smallest absolute Gasteiger partial charge is 0.301 e. The number of Topliss-reactive ketones (excluding diaryl/α,β-unsaturated/α-hetero) is 1. The molecule has 0 spiro atoms. The van der Waals surface area contributed by atoms with E-state index in [1.165, 1.54) is 23.3 Å². The molecule has 1 fully saturated rings. The summed E-state index contributed by atoms with van der Waals surface area (Å²) in [5, 5.41) is 12.2. The van der Waals surface area contributed by atoms with Gasteiger partial charge in [-0.2, -0.15) is 0 Å². The van der Waals surface area contributed by atoms with E-state index < -0.39 is 17.7 Å². The number of ketones is 1. The Bertz CT molecular complexity index is 1530. The lowest BCUT2D eigenvalue weighted by Crippen LogP contribution is -2.29. The van der Waals surface area contributed by atoms with E-state index in [4.69, 9.17) is 21.1 Å². The van der Waals surface area contributed by atoms with Gasteiger partial charge in [0.1, 0.15) is 17.3 Å². The maximum Gasteiger partial charge on any atom is 0.301 e. The van der Waals surface area contributed by atoms with Crippen LogP contribution >= 0.6 is 22.9 Å². The highest BCUT2D eigenvalue weighted by molar-refractivity contribution is 7.22. The Morgan fingerprint density at radius 1 is 1.08 bits per heavy atom. The third-order valence-electron chi connectivity index (χ3n) is 5.82. The lowest BCUT2D eigenvalue weighted by Gasteiger charge is -2.23. The van der Waals surface area contributed by atoms with Gasteiger partial charge in [-0.1, -0.05) is 47.2 Å². The first kappa shape index (κ1) is 23.8. The normalized spacial score (nSPS) is 17.1. The Balaban J connectivity index is 1.72. The molecule has 1 aliphatic rings. The third kappa shape index (κ3) is 4.19. The number of methoxy groups -OCH3 is 1. The number of hydrogen-bond acceptors (Lipinski definition) is 7. The molecule has 2 heterocycles. The number of aliphatic hydroxyl groups is 1. The molecule has 0 bridgehead atoms. The van der Waals surface area contributed by atoms with Crippen LogP contribution in [0.25, 0.3) is 16.0 Å². The van der Waals surface area contributed by atoms with E-state index in [-0.39, 0.29) is 11.3 Å². The molecule has 7 nitrogen and oxygen atoms in total. The molecule has 1 N–H and O–H groups in total. The number of carbonyl (C=O) groups is 2. The van der Waals surface area contributed by atoms with Crippen molar-refractivity contribution in [3.8, 4) is 11.5 Å². The zero-order valence-electron chi connectivity index (χ0n) is 19.4. The highest BCUT2D eigenvalue weighted by Gasteiger charge is 2.48. The van der Waals surface area contributed by atoms with Gasteiger partial charge < -0.3 is 14.6 Å².